The predicted molar refractivity (Wildman–Crippen MR) is 57.4 cm³/mol. The minimum Gasteiger partial charge on any atom is -0.394 e. The van der Waals surface area contributed by atoms with E-state index in [0.29, 0.717) is 19.1 Å². The van der Waals surface area contributed by atoms with Gasteiger partial charge in [-0.2, -0.15) is 0 Å². The first-order chi connectivity index (χ1) is 7.15. The molecule has 1 unspecified atom stereocenters. The van der Waals surface area contributed by atoms with Gasteiger partial charge in [0.1, 0.15) is 0 Å². The minimum atomic E-state index is -0.694. The number of hydrogen-bond donors (Lipinski definition) is 3. The van der Waals surface area contributed by atoms with Crippen molar-refractivity contribution < 1.29 is 10.2 Å². The highest BCUT2D eigenvalue weighted by Crippen LogP contribution is 2.08. The number of rotatable bonds is 6. The Balaban J connectivity index is 2.40. The molecule has 3 N–H and O–H groups in total. The molecule has 5 heteroatoms. The van der Waals surface area contributed by atoms with Gasteiger partial charge in [-0.05, 0) is 13.8 Å². The van der Waals surface area contributed by atoms with E-state index in [1.165, 1.54) is 0 Å². The molecule has 5 nitrogen and oxygen atoms in total. The lowest BCUT2D eigenvalue weighted by Crippen LogP contribution is -2.29. The summed E-state index contributed by atoms with van der Waals surface area (Å²) in [6.45, 7) is 5.01. The highest BCUT2D eigenvalue weighted by Gasteiger charge is 2.06. The average Bonchev–Trinajstić information content (AvgIpc) is 2.65. The zero-order valence-electron chi connectivity index (χ0n) is 9.22. The quantitative estimate of drug-likeness (QED) is 0.617. The van der Waals surface area contributed by atoms with Gasteiger partial charge in [0.15, 0.2) is 0 Å². The first kappa shape index (κ1) is 12.2. The summed E-state index contributed by atoms with van der Waals surface area (Å²) in [6, 6.07) is 0.382. The van der Waals surface area contributed by atoms with Crippen LogP contribution in [-0.2, 0) is 6.54 Å². The Hall–Kier alpha value is -0.910. The lowest BCUT2D eigenvalue weighted by atomic mass is 10.3. The Morgan fingerprint density at radius 2 is 2.27 bits per heavy atom. The Morgan fingerprint density at radius 1 is 1.53 bits per heavy atom. The van der Waals surface area contributed by atoms with Crippen molar-refractivity contribution in [2.24, 2.45) is 0 Å². The molecule has 0 aromatic carbocycles. The monoisotopic (exact) mass is 213 g/mol. The number of imidazole rings is 1. The summed E-state index contributed by atoms with van der Waals surface area (Å²) in [4.78, 5) is 4.07. The molecule has 1 rings (SSSR count). The summed E-state index contributed by atoms with van der Waals surface area (Å²) >= 11 is 0. The standard InChI is InChI=1S/C10H19N3O2/c1-8(2)13-7-12-4-9(13)3-11-5-10(15)6-14/h4,7-8,10-11,14-15H,3,5-6H2,1-2H3. The lowest BCUT2D eigenvalue weighted by molar-refractivity contribution is 0.0940. The third-order valence-electron chi connectivity index (χ3n) is 2.20. The SMILES string of the molecule is CC(C)n1cncc1CNCC(O)CO. The third kappa shape index (κ3) is 3.62. The van der Waals surface area contributed by atoms with E-state index in [-0.39, 0.29) is 6.61 Å². The van der Waals surface area contributed by atoms with E-state index < -0.39 is 6.10 Å². The number of aromatic nitrogens is 2. The van der Waals surface area contributed by atoms with Crippen molar-refractivity contribution in [3.63, 3.8) is 0 Å². The van der Waals surface area contributed by atoms with Gasteiger partial charge >= 0.3 is 0 Å². The van der Waals surface area contributed by atoms with Crippen molar-refractivity contribution in [2.45, 2.75) is 32.5 Å². The average molecular weight is 213 g/mol. The van der Waals surface area contributed by atoms with Crippen LogP contribution in [0.25, 0.3) is 0 Å². The van der Waals surface area contributed by atoms with Crippen LogP contribution < -0.4 is 5.32 Å². The van der Waals surface area contributed by atoms with Gasteiger partial charge in [-0.15, -0.1) is 0 Å². The molecule has 0 fully saturated rings. The minimum absolute atomic E-state index is 0.212. The summed E-state index contributed by atoms with van der Waals surface area (Å²) < 4.78 is 2.07. The van der Waals surface area contributed by atoms with E-state index in [2.05, 4.69) is 28.7 Å². The Bertz CT molecular complexity index is 286. The third-order valence-corrected chi connectivity index (χ3v) is 2.20. The summed E-state index contributed by atoms with van der Waals surface area (Å²) in [5, 5.41) is 20.8. The van der Waals surface area contributed by atoms with Crippen LogP contribution in [0.5, 0.6) is 0 Å². The highest BCUT2D eigenvalue weighted by atomic mass is 16.3. The second-order valence-electron chi connectivity index (χ2n) is 3.85. The van der Waals surface area contributed by atoms with Gasteiger partial charge < -0.3 is 20.1 Å². The molecule has 1 aromatic rings. The van der Waals surface area contributed by atoms with E-state index in [0.717, 1.165) is 5.69 Å². The summed E-state index contributed by atoms with van der Waals surface area (Å²) in [6.07, 6.45) is 2.91. The zero-order valence-corrected chi connectivity index (χ0v) is 9.22. The maximum Gasteiger partial charge on any atom is 0.0951 e. The fraction of sp³-hybridized carbons (Fsp3) is 0.700. The van der Waals surface area contributed by atoms with E-state index in [1.807, 2.05) is 0 Å². The molecule has 0 radical (unpaired) electrons. The van der Waals surface area contributed by atoms with Crippen LogP contribution in [0.2, 0.25) is 0 Å². The number of hydrogen-bond acceptors (Lipinski definition) is 4. The molecule has 0 aliphatic carbocycles. The van der Waals surface area contributed by atoms with Gasteiger partial charge in [0.2, 0.25) is 0 Å². The Morgan fingerprint density at radius 3 is 2.87 bits per heavy atom. The Kier molecular flexibility index (Phi) is 4.74. The van der Waals surface area contributed by atoms with Crippen LogP contribution in [0.3, 0.4) is 0 Å². The van der Waals surface area contributed by atoms with Crippen molar-refractivity contribution in [1.82, 2.24) is 14.9 Å². The molecule has 15 heavy (non-hydrogen) atoms. The fourth-order valence-corrected chi connectivity index (χ4v) is 1.37. The van der Waals surface area contributed by atoms with Crippen LogP contribution in [0.15, 0.2) is 12.5 Å². The molecule has 1 heterocycles. The second kappa shape index (κ2) is 5.85. The Labute approximate surface area is 89.8 Å². The first-order valence-corrected chi connectivity index (χ1v) is 5.15. The van der Waals surface area contributed by atoms with Gasteiger partial charge in [-0.1, -0.05) is 0 Å². The van der Waals surface area contributed by atoms with Crippen LogP contribution in [0.1, 0.15) is 25.6 Å². The zero-order chi connectivity index (χ0) is 11.3. The molecule has 1 atom stereocenters. The molecule has 0 amide bonds. The number of nitrogens with zero attached hydrogens (tertiary/aromatic N) is 2. The van der Waals surface area contributed by atoms with Crippen LogP contribution >= 0.6 is 0 Å². The van der Waals surface area contributed by atoms with Crippen LogP contribution in [0, 0.1) is 0 Å². The van der Waals surface area contributed by atoms with E-state index in [1.54, 1.807) is 12.5 Å². The summed E-state index contributed by atoms with van der Waals surface area (Å²) in [7, 11) is 0. The number of nitrogens with one attached hydrogen (secondary N) is 1. The topological polar surface area (TPSA) is 70.3 Å². The van der Waals surface area contributed by atoms with Crippen molar-refractivity contribution in [1.29, 1.82) is 0 Å². The molecule has 0 aliphatic heterocycles. The number of aliphatic hydroxyl groups is 2. The van der Waals surface area contributed by atoms with Gasteiger partial charge in [-0.25, -0.2) is 4.98 Å². The molecule has 0 spiro atoms. The largest absolute Gasteiger partial charge is 0.394 e. The van der Waals surface area contributed by atoms with Crippen LogP contribution in [0.4, 0.5) is 0 Å². The fourth-order valence-electron chi connectivity index (χ4n) is 1.37. The molecule has 0 bridgehead atoms. The van der Waals surface area contributed by atoms with Gasteiger partial charge in [0.05, 0.1) is 24.7 Å². The van der Waals surface area contributed by atoms with E-state index in [9.17, 15) is 0 Å². The highest BCUT2D eigenvalue weighted by molar-refractivity contribution is 4.99. The predicted octanol–water partition coefficient (Wildman–Crippen LogP) is -0.0932. The molecular formula is C10H19N3O2. The maximum absolute atomic E-state index is 9.13. The molecule has 1 aromatic heterocycles. The molecule has 0 saturated heterocycles. The van der Waals surface area contributed by atoms with Gasteiger partial charge in [0.25, 0.3) is 0 Å². The molecule has 86 valence electrons. The summed E-state index contributed by atoms with van der Waals surface area (Å²) in [5.74, 6) is 0. The number of aliphatic hydroxyl groups excluding tert-OH is 2. The molecule has 0 saturated carbocycles. The van der Waals surface area contributed by atoms with Crippen molar-refractivity contribution in [2.75, 3.05) is 13.2 Å². The molecule has 0 aliphatic rings. The summed E-state index contributed by atoms with van der Waals surface area (Å²) in [5.41, 5.74) is 1.08. The second-order valence-corrected chi connectivity index (χ2v) is 3.85. The normalized spacial score (nSPS) is 13.4. The van der Waals surface area contributed by atoms with Gasteiger partial charge in [0, 0.05) is 25.3 Å². The van der Waals surface area contributed by atoms with Crippen molar-refractivity contribution >= 4 is 0 Å². The smallest absolute Gasteiger partial charge is 0.0951 e. The maximum atomic E-state index is 9.13. The van der Waals surface area contributed by atoms with E-state index in [4.69, 9.17) is 10.2 Å². The molecular weight excluding hydrogens is 194 g/mol. The van der Waals surface area contributed by atoms with Gasteiger partial charge in [-0.3, -0.25) is 0 Å². The lowest BCUT2D eigenvalue weighted by Gasteiger charge is -2.13. The van der Waals surface area contributed by atoms with Crippen LogP contribution in [-0.4, -0.2) is 39.0 Å². The van der Waals surface area contributed by atoms with Crippen molar-refractivity contribution in [3.8, 4) is 0 Å². The van der Waals surface area contributed by atoms with E-state index >= 15 is 0 Å². The van der Waals surface area contributed by atoms with Crippen molar-refractivity contribution in [3.05, 3.63) is 18.2 Å². The first-order valence-electron chi connectivity index (χ1n) is 5.15.